The fourth-order valence-electron chi connectivity index (χ4n) is 2.49. The van der Waals surface area contributed by atoms with Crippen molar-refractivity contribution in [3.8, 4) is 11.1 Å². The number of carbonyl (C=O) groups is 1. The van der Waals surface area contributed by atoms with Crippen molar-refractivity contribution in [1.29, 1.82) is 0 Å². The van der Waals surface area contributed by atoms with Crippen molar-refractivity contribution in [3.05, 3.63) is 89.4 Å². The van der Waals surface area contributed by atoms with E-state index >= 15 is 0 Å². The van der Waals surface area contributed by atoms with E-state index in [9.17, 15) is 4.79 Å². The molecular formula is C20H16ClNO. The standard InChI is InChI=1S/C20H16ClNO/c21-17-10-6-7-15(13-17)14-20(23)22-19-12-5-4-11-18(19)16-8-2-1-3-9-16/h1-13H,14H2,(H,22,23). The molecule has 3 aromatic rings. The zero-order chi connectivity index (χ0) is 16.1. The van der Waals surface area contributed by atoms with Crippen molar-refractivity contribution in [2.75, 3.05) is 5.32 Å². The first-order valence-corrected chi connectivity index (χ1v) is 7.79. The molecule has 0 saturated heterocycles. The first-order chi connectivity index (χ1) is 11.2. The Kier molecular flexibility index (Phi) is 4.74. The van der Waals surface area contributed by atoms with E-state index in [1.807, 2.05) is 72.8 Å². The van der Waals surface area contributed by atoms with Crippen LogP contribution in [0.25, 0.3) is 11.1 Å². The highest BCUT2D eigenvalue weighted by molar-refractivity contribution is 6.30. The Morgan fingerprint density at radius 3 is 2.39 bits per heavy atom. The van der Waals surface area contributed by atoms with Gasteiger partial charge in [-0.3, -0.25) is 4.79 Å². The second-order valence-corrected chi connectivity index (χ2v) is 5.70. The number of anilines is 1. The lowest BCUT2D eigenvalue weighted by Crippen LogP contribution is -2.15. The van der Waals surface area contributed by atoms with E-state index in [-0.39, 0.29) is 5.91 Å². The van der Waals surface area contributed by atoms with Crippen LogP contribution in [-0.4, -0.2) is 5.91 Å². The highest BCUT2D eigenvalue weighted by atomic mass is 35.5. The molecule has 0 fully saturated rings. The zero-order valence-corrected chi connectivity index (χ0v) is 13.3. The minimum Gasteiger partial charge on any atom is -0.325 e. The number of nitrogens with one attached hydrogen (secondary N) is 1. The minimum absolute atomic E-state index is 0.0596. The third-order valence-corrected chi connectivity index (χ3v) is 3.77. The fourth-order valence-corrected chi connectivity index (χ4v) is 2.70. The smallest absolute Gasteiger partial charge is 0.228 e. The Bertz CT molecular complexity index is 815. The summed E-state index contributed by atoms with van der Waals surface area (Å²) in [6.45, 7) is 0. The first kappa shape index (κ1) is 15.3. The zero-order valence-electron chi connectivity index (χ0n) is 12.5. The number of carbonyl (C=O) groups excluding carboxylic acids is 1. The Morgan fingerprint density at radius 1 is 0.870 bits per heavy atom. The summed E-state index contributed by atoms with van der Waals surface area (Å²) in [5.74, 6) is -0.0596. The molecule has 2 nitrogen and oxygen atoms in total. The van der Waals surface area contributed by atoms with Crippen LogP contribution < -0.4 is 5.32 Å². The van der Waals surface area contributed by atoms with Gasteiger partial charge in [-0.05, 0) is 29.3 Å². The van der Waals surface area contributed by atoms with Crippen LogP contribution in [0.15, 0.2) is 78.9 Å². The Hall–Kier alpha value is -2.58. The fraction of sp³-hybridized carbons (Fsp3) is 0.0500. The van der Waals surface area contributed by atoms with Gasteiger partial charge in [0.25, 0.3) is 0 Å². The molecule has 0 saturated carbocycles. The summed E-state index contributed by atoms with van der Waals surface area (Å²) in [7, 11) is 0. The van der Waals surface area contributed by atoms with Crippen molar-refractivity contribution < 1.29 is 4.79 Å². The molecule has 3 aromatic carbocycles. The molecule has 3 heteroatoms. The van der Waals surface area contributed by atoms with E-state index in [1.54, 1.807) is 6.07 Å². The highest BCUT2D eigenvalue weighted by Crippen LogP contribution is 2.27. The highest BCUT2D eigenvalue weighted by Gasteiger charge is 2.09. The summed E-state index contributed by atoms with van der Waals surface area (Å²) in [4.78, 5) is 12.3. The molecule has 0 aliphatic heterocycles. The van der Waals surface area contributed by atoms with Crippen molar-refractivity contribution in [2.24, 2.45) is 0 Å². The normalized spacial score (nSPS) is 10.3. The lowest BCUT2D eigenvalue weighted by atomic mass is 10.0. The van der Waals surface area contributed by atoms with E-state index in [0.29, 0.717) is 11.4 Å². The Morgan fingerprint density at radius 2 is 1.61 bits per heavy atom. The maximum absolute atomic E-state index is 12.3. The molecule has 1 N–H and O–H groups in total. The summed E-state index contributed by atoms with van der Waals surface area (Å²) in [6, 6.07) is 25.2. The molecule has 0 atom stereocenters. The molecule has 0 aromatic heterocycles. The molecule has 0 aliphatic carbocycles. The van der Waals surface area contributed by atoms with Gasteiger partial charge in [-0.1, -0.05) is 72.3 Å². The number of halogens is 1. The number of hydrogen-bond donors (Lipinski definition) is 1. The van der Waals surface area contributed by atoms with Crippen molar-refractivity contribution in [2.45, 2.75) is 6.42 Å². The summed E-state index contributed by atoms with van der Waals surface area (Å²) < 4.78 is 0. The van der Waals surface area contributed by atoms with Gasteiger partial charge in [0.2, 0.25) is 5.91 Å². The van der Waals surface area contributed by atoms with Gasteiger partial charge < -0.3 is 5.32 Å². The molecule has 23 heavy (non-hydrogen) atoms. The Balaban J connectivity index is 1.79. The molecule has 0 heterocycles. The molecule has 0 unspecified atom stereocenters. The monoisotopic (exact) mass is 321 g/mol. The lowest BCUT2D eigenvalue weighted by molar-refractivity contribution is -0.115. The third-order valence-electron chi connectivity index (χ3n) is 3.54. The van der Waals surface area contributed by atoms with Gasteiger partial charge in [-0.25, -0.2) is 0 Å². The largest absolute Gasteiger partial charge is 0.325 e. The number of rotatable bonds is 4. The molecule has 3 rings (SSSR count). The third kappa shape index (κ3) is 3.99. The predicted molar refractivity (Wildman–Crippen MR) is 95.7 cm³/mol. The van der Waals surface area contributed by atoms with Gasteiger partial charge >= 0.3 is 0 Å². The molecular weight excluding hydrogens is 306 g/mol. The first-order valence-electron chi connectivity index (χ1n) is 7.41. The van der Waals surface area contributed by atoms with Gasteiger partial charge in [0.15, 0.2) is 0 Å². The molecule has 0 aliphatic rings. The summed E-state index contributed by atoms with van der Waals surface area (Å²) in [5.41, 5.74) is 3.79. The van der Waals surface area contributed by atoms with Crippen LogP contribution in [0.3, 0.4) is 0 Å². The predicted octanol–water partition coefficient (Wildman–Crippen LogP) is 5.19. The van der Waals surface area contributed by atoms with Crippen LogP contribution in [0, 0.1) is 0 Å². The van der Waals surface area contributed by atoms with E-state index in [1.165, 1.54) is 0 Å². The van der Waals surface area contributed by atoms with Crippen LogP contribution in [0.1, 0.15) is 5.56 Å². The SMILES string of the molecule is O=C(Cc1cccc(Cl)c1)Nc1ccccc1-c1ccccc1. The second-order valence-electron chi connectivity index (χ2n) is 5.27. The summed E-state index contributed by atoms with van der Waals surface area (Å²) in [6.07, 6.45) is 0.295. The van der Waals surface area contributed by atoms with E-state index in [0.717, 1.165) is 22.4 Å². The number of benzene rings is 3. The number of hydrogen-bond acceptors (Lipinski definition) is 1. The van der Waals surface area contributed by atoms with E-state index < -0.39 is 0 Å². The van der Waals surface area contributed by atoms with Crippen molar-refractivity contribution in [3.63, 3.8) is 0 Å². The lowest BCUT2D eigenvalue weighted by Gasteiger charge is -2.11. The van der Waals surface area contributed by atoms with Gasteiger partial charge in [0.1, 0.15) is 0 Å². The van der Waals surface area contributed by atoms with Crippen LogP contribution in [0.5, 0.6) is 0 Å². The summed E-state index contributed by atoms with van der Waals surface area (Å²) >= 11 is 5.96. The average molecular weight is 322 g/mol. The maximum Gasteiger partial charge on any atom is 0.228 e. The van der Waals surface area contributed by atoms with Crippen LogP contribution in [-0.2, 0) is 11.2 Å². The van der Waals surface area contributed by atoms with Gasteiger partial charge in [-0.2, -0.15) is 0 Å². The molecule has 0 radical (unpaired) electrons. The van der Waals surface area contributed by atoms with Crippen LogP contribution in [0.2, 0.25) is 5.02 Å². The van der Waals surface area contributed by atoms with Crippen molar-refractivity contribution in [1.82, 2.24) is 0 Å². The Labute approximate surface area is 140 Å². The maximum atomic E-state index is 12.3. The molecule has 1 amide bonds. The molecule has 0 bridgehead atoms. The van der Waals surface area contributed by atoms with Gasteiger partial charge in [-0.15, -0.1) is 0 Å². The van der Waals surface area contributed by atoms with Crippen LogP contribution >= 0.6 is 11.6 Å². The molecule has 0 spiro atoms. The van der Waals surface area contributed by atoms with E-state index in [2.05, 4.69) is 5.32 Å². The summed E-state index contributed by atoms with van der Waals surface area (Å²) in [5, 5.41) is 3.63. The van der Waals surface area contributed by atoms with Crippen LogP contribution in [0.4, 0.5) is 5.69 Å². The van der Waals surface area contributed by atoms with Gasteiger partial charge in [0.05, 0.1) is 6.42 Å². The number of para-hydroxylation sites is 1. The quantitative estimate of drug-likeness (QED) is 0.704. The topological polar surface area (TPSA) is 29.1 Å². The van der Waals surface area contributed by atoms with Gasteiger partial charge in [0, 0.05) is 16.3 Å². The average Bonchev–Trinajstić information content (AvgIpc) is 2.56. The number of amides is 1. The van der Waals surface area contributed by atoms with E-state index in [4.69, 9.17) is 11.6 Å². The second kappa shape index (κ2) is 7.12. The van der Waals surface area contributed by atoms with Crippen molar-refractivity contribution >= 4 is 23.2 Å². The molecule has 114 valence electrons. The minimum atomic E-state index is -0.0596.